The van der Waals surface area contributed by atoms with Crippen LogP contribution in [0.4, 0.5) is 0 Å². The highest BCUT2D eigenvalue weighted by Gasteiger charge is 2.34. The van der Waals surface area contributed by atoms with E-state index in [9.17, 15) is 14.4 Å². The molecule has 2 aromatic carbocycles. The number of hydrogen-bond donors (Lipinski definition) is 0. The monoisotopic (exact) mass is 420 g/mol. The lowest BCUT2D eigenvalue weighted by Gasteiger charge is -2.31. The second-order valence-corrected chi connectivity index (χ2v) is 8.02. The van der Waals surface area contributed by atoms with Crippen LogP contribution < -0.4 is 4.74 Å². The Labute approximate surface area is 183 Å². The van der Waals surface area contributed by atoms with Crippen molar-refractivity contribution in [2.45, 2.75) is 39.8 Å². The topological polar surface area (TPSA) is 66.9 Å². The van der Waals surface area contributed by atoms with Crippen molar-refractivity contribution in [1.29, 1.82) is 0 Å². The third kappa shape index (κ3) is 4.38. The molecule has 3 rings (SSSR count). The zero-order chi connectivity index (χ0) is 22.7. The van der Waals surface area contributed by atoms with Crippen LogP contribution in [0, 0.1) is 0 Å². The van der Waals surface area contributed by atoms with Crippen molar-refractivity contribution in [1.82, 2.24) is 9.80 Å². The Morgan fingerprint density at radius 1 is 1.00 bits per heavy atom. The van der Waals surface area contributed by atoms with Crippen LogP contribution in [-0.2, 0) is 0 Å². The van der Waals surface area contributed by atoms with Gasteiger partial charge in [-0.3, -0.25) is 19.3 Å². The molecule has 0 aromatic heterocycles. The lowest BCUT2D eigenvalue weighted by molar-refractivity contribution is 0.0638. The fourth-order valence-electron chi connectivity index (χ4n) is 3.89. The summed E-state index contributed by atoms with van der Waals surface area (Å²) in [7, 11) is 1.57. The first kappa shape index (κ1) is 22.3. The predicted octanol–water partition coefficient (Wildman–Crippen LogP) is 4.26. The minimum atomic E-state index is -0.307. The molecule has 0 atom stereocenters. The Balaban J connectivity index is 1.87. The van der Waals surface area contributed by atoms with Crippen molar-refractivity contribution in [2.24, 2.45) is 0 Å². The van der Waals surface area contributed by atoms with Crippen molar-refractivity contribution in [3.8, 4) is 5.75 Å². The van der Waals surface area contributed by atoms with Gasteiger partial charge in [-0.25, -0.2) is 0 Å². The molecule has 0 N–H and O–H groups in total. The van der Waals surface area contributed by atoms with Crippen LogP contribution in [0.15, 0.2) is 48.5 Å². The van der Waals surface area contributed by atoms with Gasteiger partial charge in [-0.15, -0.1) is 0 Å². The van der Waals surface area contributed by atoms with Gasteiger partial charge in [-0.2, -0.15) is 0 Å². The summed E-state index contributed by atoms with van der Waals surface area (Å²) in [6.07, 6.45) is 3.49. The molecule has 0 unspecified atom stereocenters. The van der Waals surface area contributed by atoms with Crippen molar-refractivity contribution in [3.05, 3.63) is 70.8 Å². The number of nitrogens with zero attached hydrogens (tertiary/aromatic N) is 2. The second-order valence-electron chi connectivity index (χ2n) is 8.02. The normalized spacial score (nSPS) is 13.5. The number of hydrogen-bond acceptors (Lipinski definition) is 4. The standard InChI is InChI=1S/C25H28N2O4/c1-16(2)27(17(3)4)25(30)20-13-12-19(31-5)15-18(20)9-8-14-26-23(28)21-10-6-7-11-22(21)24(26)29/h6-13,15-17H,14H2,1-5H3/b9-8+. The SMILES string of the molecule is COc1ccc(C(=O)N(C(C)C)C(C)C)c(/C=C/CN2C(=O)c3ccccc3C2=O)c1. The van der Waals surface area contributed by atoms with Crippen LogP contribution >= 0.6 is 0 Å². The van der Waals surface area contributed by atoms with Crippen molar-refractivity contribution < 1.29 is 19.1 Å². The molecule has 6 heteroatoms. The molecular weight excluding hydrogens is 392 g/mol. The van der Waals surface area contributed by atoms with Gasteiger partial charge in [0, 0.05) is 24.2 Å². The van der Waals surface area contributed by atoms with Crippen LogP contribution in [0.5, 0.6) is 5.75 Å². The third-order valence-electron chi connectivity index (χ3n) is 5.30. The molecule has 1 aliphatic heterocycles. The first-order valence-corrected chi connectivity index (χ1v) is 10.4. The van der Waals surface area contributed by atoms with E-state index in [1.54, 1.807) is 61.7 Å². The molecule has 0 fully saturated rings. The van der Waals surface area contributed by atoms with Crippen LogP contribution in [-0.4, -0.2) is 53.3 Å². The molecule has 2 aromatic rings. The average molecular weight is 421 g/mol. The van der Waals surface area contributed by atoms with Gasteiger partial charge in [-0.05, 0) is 63.6 Å². The average Bonchev–Trinajstić information content (AvgIpc) is 2.98. The lowest BCUT2D eigenvalue weighted by atomic mass is 10.0. The molecular formula is C25H28N2O4. The van der Waals surface area contributed by atoms with Crippen molar-refractivity contribution in [2.75, 3.05) is 13.7 Å². The van der Waals surface area contributed by atoms with Gasteiger partial charge in [0.2, 0.25) is 0 Å². The molecule has 3 amide bonds. The highest BCUT2D eigenvalue weighted by atomic mass is 16.5. The summed E-state index contributed by atoms with van der Waals surface area (Å²) in [6.45, 7) is 8.06. The molecule has 162 valence electrons. The summed E-state index contributed by atoms with van der Waals surface area (Å²) in [6, 6.07) is 12.2. The van der Waals surface area contributed by atoms with E-state index in [-0.39, 0.29) is 36.3 Å². The fraction of sp³-hybridized carbons (Fsp3) is 0.320. The summed E-state index contributed by atoms with van der Waals surface area (Å²) in [5, 5.41) is 0. The summed E-state index contributed by atoms with van der Waals surface area (Å²) in [5.41, 5.74) is 2.05. The number of benzene rings is 2. The molecule has 6 nitrogen and oxygen atoms in total. The number of carbonyl (C=O) groups is 3. The summed E-state index contributed by atoms with van der Waals surface area (Å²) >= 11 is 0. The van der Waals surface area contributed by atoms with Gasteiger partial charge in [0.15, 0.2) is 0 Å². The lowest BCUT2D eigenvalue weighted by Crippen LogP contribution is -2.42. The van der Waals surface area contributed by atoms with E-state index < -0.39 is 0 Å². The molecule has 0 radical (unpaired) electrons. The van der Waals surface area contributed by atoms with Crippen LogP contribution in [0.2, 0.25) is 0 Å². The maximum atomic E-state index is 13.3. The van der Waals surface area contributed by atoms with Gasteiger partial charge in [0.1, 0.15) is 5.75 Å². The van der Waals surface area contributed by atoms with Crippen molar-refractivity contribution >= 4 is 23.8 Å². The quantitative estimate of drug-likeness (QED) is 0.628. The zero-order valence-electron chi connectivity index (χ0n) is 18.6. The Kier molecular flexibility index (Phi) is 6.59. The zero-order valence-corrected chi connectivity index (χ0v) is 18.6. The van der Waals surface area contributed by atoms with E-state index in [2.05, 4.69) is 0 Å². The van der Waals surface area contributed by atoms with Crippen LogP contribution in [0.3, 0.4) is 0 Å². The highest BCUT2D eigenvalue weighted by molar-refractivity contribution is 6.21. The van der Waals surface area contributed by atoms with E-state index in [0.29, 0.717) is 28.0 Å². The Morgan fingerprint density at radius 2 is 1.58 bits per heavy atom. The minimum Gasteiger partial charge on any atom is -0.497 e. The number of methoxy groups -OCH3 is 1. The maximum Gasteiger partial charge on any atom is 0.261 e. The molecule has 0 aliphatic carbocycles. The largest absolute Gasteiger partial charge is 0.497 e. The number of carbonyl (C=O) groups excluding carboxylic acids is 3. The molecule has 1 heterocycles. The summed E-state index contributed by atoms with van der Waals surface area (Å²) < 4.78 is 5.32. The molecule has 0 bridgehead atoms. The minimum absolute atomic E-state index is 0.0461. The van der Waals surface area contributed by atoms with E-state index in [4.69, 9.17) is 4.74 Å². The number of fused-ring (bicyclic) bond motifs is 1. The van der Waals surface area contributed by atoms with E-state index in [0.717, 1.165) is 0 Å². The maximum absolute atomic E-state index is 13.3. The number of amides is 3. The Bertz CT molecular complexity index is 997. The predicted molar refractivity (Wildman–Crippen MR) is 120 cm³/mol. The first-order chi connectivity index (χ1) is 14.8. The Hall–Kier alpha value is -3.41. The molecule has 31 heavy (non-hydrogen) atoms. The van der Waals surface area contributed by atoms with Crippen LogP contribution in [0.1, 0.15) is 64.3 Å². The van der Waals surface area contributed by atoms with E-state index >= 15 is 0 Å². The molecule has 0 saturated heterocycles. The van der Waals surface area contributed by atoms with Gasteiger partial charge in [0.25, 0.3) is 17.7 Å². The molecule has 0 saturated carbocycles. The van der Waals surface area contributed by atoms with Gasteiger partial charge < -0.3 is 9.64 Å². The van der Waals surface area contributed by atoms with Gasteiger partial charge in [-0.1, -0.05) is 24.3 Å². The number of ether oxygens (including phenoxy) is 1. The van der Waals surface area contributed by atoms with Crippen molar-refractivity contribution in [3.63, 3.8) is 0 Å². The fourth-order valence-corrected chi connectivity index (χ4v) is 3.89. The van der Waals surface area contributed by atoms with Crippen LogP contribution in [0.25, 0.3) is 6.08 Å². The smallest absolute Gasteiger partial charge is 0.261 e. The molecule has 1 aliphatic rings. The number of rotatable bonds is 7. The van der Waals surface area contributed by atoms with Gasteiger partial charge >= 0.3 is 0 Å². The summed E-state index contributed by atoms with van der Waals surface area (Å²) in [4.78, 5) is 41.4. The summed E-state index contributed by atoms with van der Waals surface area (Å²) in [5.74, 6) is -0.0680. The van der Waals surface area contributed by atoms with Gasteiger partial charge in [0.05, 0.1) is 18.2 Å². The second kappa shape index (κ2) is 9.16. The van der Waals surface area contributed by atoms with E-state index in [1.165, 1.54) is 4.90 Å². The highest BCUT2D eigenvalue weighted by Crippen LogP contribution is 2.24. The molecule has 0 spiro atoms. The Morgan fingerprint density at radius 3 is 2.10 bits per heavy atom. The first-order valence-electron chi connectivity index (χ1n) is 10.4. The third-order valence-corrected chi connectivity index (χ3v) is 5.30. The number of imide groups is 1. The van der Waals surface area contributed by atoms with E-state index in [1.807, 2.05) is 32.6 Å².